The van der Waals surface area contributed by atoms with Gasteiger partial charge in [-0.15, -0.1) is 0 Å². The van der Waals surface area contributed by atoms with Crippen LogP contribution in [-0.2, 0) is 11.3 Å². The number of rotatable bonds is 8. The number of benzene rings is 2. The first-order valence-electron chi connectivity index (χ1n) is 13.5. The number of likely N-dealkylation sites (tertiary alicyclic amines) is 1. The average molecular weight is 517 g/mol. The third-order valence-corrected chi connectivity index (χ3v) is 6.77. The van der Waals surface area contributed by atoms with Crippen LogP contribution in [0.3, 0.4) is 0 Å². The summed E-state index contributed by atoms with van der Waals surface area (Å²) in [7, 11) is 0. The lowest BCUT2D eigenvalue weighted by Crippen LogP contribution is -2.37. The predicted molar refractivity (Wildman–Crippen MR) is 150 cm³/mol. The van der Waals surface area contributed by atoms with Crippen molar-refractivity contribution < 1.29 is 14.3 Å². The lowest BCUT2D eigenvalue weighted by Gasteiger charge is -2.31. The molecule has 5 rings (SSSR count). The van der Waals surface area contributed by atoms with Crippen molar-refractivity contribution in [2.24, 2.45) is 0 Å². The van der Waals surface area contributed by atoms with Gasteiger partial charge in [-0.25, -0.2) is 14.8 Å². The third-order valence-electron chi connectivity index (χ3n) is 6.77. The third kappa shape index (κ3) is 6.59. The Morgan fingerprint density at radius 2 is 1.58 bits per heavy atom. The Labute approximate surface area is 224 Å². The van der Waals surface area contributed by atoms with E-state index < -0.39 is 0 Å². The van der Waals surface area contributed by atoms with E-state index in [9.17, 15) is 4.79 Å². The maximum Gasteiger partial charge on any atom is 0.323 e. The Hall–Kier alpha value is -3.69. The van der Waals surface area contributed by atoms with Crippen molar-refractivity contribution in [2.75, 3.05) is 61.5 Å². The maximum atomic E-state index is 12.4. The van der Waals surface area contributed by atoms with Gasteiger partial charge < -0.3 is 25.0 Å². The van der Waals surface area contributed by atoms with Crippen LogP contribution in [0.4, 0.5) is 22.0 Å². The molecule has 2 aliphatic rings. The molecule has 0 radical (unpaired) electrons. The minimum absolute atomic E-state index is 0.292. The van der Waals surface area contributed by atoms with Crippen molar-refractivity contribution in [1.82, 2.24) is 14.9 Å². The number of nitrogens with one attached hydrogen (secondary N) is 2. The number of para-hydroxylation sites is 1. The Morgan fingerprint density at radius 1 is 0.895 bits per heavy atom. The first kappa shape index (κ1) is 25.9. The summed E-state index contributed by atoms with van der Waals surface area (Å²) in [5, 5.41) is 5.72. The van der Waals surface area contributed by atoms with Crippen LogP contribution < -0.4 is 20.3 Å². The Bertz CT molecular complexity index is 1190. The van der Waals surface area contributed by atoms with Crippen molar-refractivity contribution >= 4 is 23.2 Å². The van der Waals surface area contributed by atoms with Crippen molar-refractivity contribution in [2.45, 2.75) is 32.7 Å². The van der Waals surface area contributed by atoms with E-state index in [1.165, 1.54) is 19.3 Å². The summed E-state index contributed by atoms with van der Waals surface area (Å²) in [6.45, 7) is 8.29. The number of amides is 2. The average Bonchev–Trinajstić information content (AvgIpc) is 2.96. The molecule has 2 amide bonds. The highest BCUT2D eigenvalue weighted by molar-refractivity contribution is 5.99. The zero-order valence-corrected chi connectivity index (χ0v) is 22.0. The van der Waals surface area contributed by atoms with Gasteiger partial charge in [0, 0.05) is 36.6 Å². The number of nitrogens with zero attached hydrogens (tertiary/aromatic N) is 4. The number of ether oxygens (including phenoxy) is 2. The molecular weight excluding hydrogens is 480 g/mol. The van der Waals surface area contributed by atoms with Gasteiger partial charge in [-0.1, -0.05) is 24.6 Å². The van der Waals surface area contributed by atoms with Crippen molar-refractivity contribution in [3.05, 3.63) is 60.3 Å². The zero-order valence-electron chi connectivity index (χ0n) is 22.0. The minimum Gasteiger partial charge on any atom is -0.488 e. The van der Waals surface area contributed by atoms with Crippen LogP contribution >= 0.6 is 0 Å². The molecule has 2 fully saturated rings. The molecule has 200 valence electrons. The fraction of sp³-hybridized carbons (Fsp3) is 0.414. The fourth-order valence-electron chi connectivity index (χ4n) is 4.85. The van der Waals surface area contributed by atoms with Crippen LogP contribution in [0.1, 0.15) is 31.9 Å². The smallest absolute Gasteiger partial charge is 0.323 e. The molecule has 2 aliphatic heterocycles. The van der Waals surface area contributed by atoms with E-state index >= 15 is 0 Å². The van der Waals surface area contributed by atoms with Crippen LogP contribution in [-0.4, -0.2) is 66.9 Å². The summed E-state index contributed by atoms with van der Waals surface area (Å²) >= 11 is 0. The second-order valence-corrected chi connectivity index (χ2v) is 9.54. The predicted octanol–water partition coefficient (Wildman–Crippen LogP) is 5.01. The molecule has 0 saturated carbocycles. The summed E-state index contributed by atoms with van der Waals surface area (Å²) in [5.41, 5.74) is 3.23. The van der Waals surface area contributed by atoms with E-state index in [4.69, 9.17) is 19.4 Å². The molecule has 2 saturated heterocycles. The minimum atomic E-state index is -0.292. The number of piperidine rings is 1. The second-order valence-electron chi connectivity index (χ2n) is 9.54. The number of anilines is 3. The number of morpholine rings is 1. The molecular formula is C29H36N6O3. The van der Waals surface area contributed by atoms with Crippen LogP contribution in [0.2, 0.25) is 0 Å². The molecule has 38 heavy (non-hydrogen) atoms. The molecule has 2 N–H and O–H groups in total. The number of aromatic nitrogens is 2. The van der Waals surface area contributed by atoms with Gasteiger partial charge in [-0.3, -0.25) is 4.90 Å². The second kappa shape index (κ2) is 12.7. The van der Waals surface area contributed by atoms with E-state index in [2.05, 4.69) is 20.4 Å². The molecule has 9 nitrogen and oxygen atoms in total. The first-order valence-corrected chi connectivity index (χ1v) is 13.5. The lowest BCUT2D eigenvalue weighted by atomic mass is 10.1. The van der Waals surface area contributed by atoms with Crippen LogP contribution in [0.15, 0.2) is 54.6 Å². The standard InChI is InChI=1S/C29H36N6O3/c1-2-38-26-25(21-34-15-7-4-8-16-34)32-27(33-28(26)35-17-19-37-20-18-35)22-11-13-24(14-12-22)31-29(36)30-23-9-5-3-6-10-23/h3,5-6,9-14H,2,4,7-8,15-21H2,1H3,(H2,30,31,36). The van der Waals surface area contributed by atoms with Gasteiger partial charge in [-0.05, 0) is 69.3 Å². The van der Waals surface area contributed by atoms with E-state index in [1.807, 2.05) is 61.5 Å². The van der Waals surface area contributed by atoms with Crippen molar-refractivity contribution in [1.29, 1.82) is 0 Å². The van der Waals surface area contributed by atoms with Gasteiger partial charge in [0.1, 0.15) is 5.69 Å². The lowest BCUT2D eigenvalue weighted by molar-refractivity contribution is 0.122. The monoisotopic (exact) mass is 516 g/mol. The van der Waals surface area contributed by atoms with Gasteiger partial charge in [0.25, 0.3) is 0 Å². The largest absolute Gasteiger partial charge is 0.488 e. The molecule has 3 heterocycles. The summed E-state index contributed by atoms with van der Waals surface area (Å²) in [4.78, 5) is 27.1. The highest BCUT2D eigenvalue weighted by Gasteiger charge is 2.25. The quantitative estimate of drug-likeness (QED) is 0.435. The number of carbonyl (C=O) groups excluding carboxylic acids is 1. The summed E-state index contributed by atoms with van der Waals surface area (Å²) in [6, 6.07) is 16.7. The van der Waals surface area contributed by atoms with E-state index in [0.717, 1.165) is 61.2 Å². The normalized spacial score (nSPS) is 16.2. The van der Waals surface area contributed by atoms with Gasteiger partial charge in [0.15, 0.2) is 17.4 Å². The van der Waals surface area contributed by atoms with Gasteiger partial charge in [0.05, 0.1) is 19.8 Å². The van der Waals surface area contributed by atoms with Gasteiger partial charge in [-0.2, -0.15) is 0 Å². The molecule has 0 bridgehead atoms. The molecule has 3 aromatic rings. The zero-order chi connectivity index (χ0) is 26.2. The number of hydrogen-bond acceptors (Lipinski definition) is 7. The van der Waals surface area contributed by atoms with Gasteiger partial charge >= 0.3 is 6.03 Å². The van der Waals surface area contributed by atoms with Crippen LogP contribution in [0, 0.1) is 0 Å². The molecule has 2 aromatic carbocycles. The number of hydrogen-bond donors (Lipinski definition) is 2. The van der Waals surface area contributed by atoms with Crippen LogP contribution in [0.25, 0.3) is 11.4 Å². The number of urea groups is 1. The first-order chi connectivity index (χ1) is 18.7. The summed E-state index contributed by atoms with van der Waals surface area (Å²) < 4.78 is 11.8. The molecule has 0 atom stereocenters. The van der Waals surface area contributed by atoms with E-state index in [1.54, 1.807) is 0 Å². The summed E-state index contributed by atoms with van der Waals surface area (Å²) in [5.74, 6) is 2.26. The highest BCUT2D eigenvalue weighted by Crippen LogP contribution is 2.34. The number of carbonyl (C=O) groups is 1. The van der Waals surface area contributed by atoms with E-state index in [-0.39, 0.29) is 6.03 Å². The Kier molecular flexibility index (Phi) is 8.67. The topological polar surface area (TPSA) is 91.8 Å². The summed E-state index contributed by atoms with van der Waals surface area (Å²) in [6.07, 6.45) is 3.71. The Balaban J connectivity index is 1.41. The van der Waals surface area contributed by atoms with Crippen LogP contribution in [0.5, 0.6) is 5.75 Å². The Morgan fingerprint density at radius 3 is 2.26 bits per heavy atom. The molecule has 0 aliphatic carbocycles. The maximum absolute atomic E-state index is 12.4. The fourth-order valence-corrected chi connectivity index (χ4v) is 4.85. The molecule has 9 heteroatoms. The van der Waals surface area contributed by atoms with Crippen molar-refractivity contribution in [3.63, 3.8) is 0 Å². The van der Waals surface area contributed by atoms with E-state index in [0.29, 0.717) is 31.3 Å². The highest BCUT2D eigenvalue weighted by atomic mass is 16.5. The van der Waals surface area contributed by atoms with Gasteiger partial charge in [0.2, 0.25) is 0 Å². The molecule has 0 spiro atoms. The molecule has 1 aromatic heterocycles. The van der Waals surface area contributed by atoms with Crippen molar-refractivity contribution in [3.8, 4) is 17.1 Å². The SMILES string of the molecule is CCOc1c(CN2CCCCC2)nc(-c2ccc(NC(=O)Nc3ccccc3)cc2)nc1N1CCOCC1. The molecule has 0 unspecified atom stereocenters.